The summed E-state index contributed by atoms with van der Waals surface area (Å²) in [6.07, 6.45) is 0. The third kappa shape index (κ3) is 3.76. The van der Waals surface area contributed by atoms with E-state index >= 15 is 0 Å². The number of nitrogens with zero attached hydrogens (tertiary/aromatic N) is 5. The summed E-state index contributed by atoms with van der Waals surface area (Å²) < 4.78 is 0. The van der Waals surface area contributed by atoms with Gasteiger partial charge < -0.3 is 14.7 Å². The number of rotatable bonds is 5. The van der Waals surface area contributed by atoms with Gasteiger partial charge in [0, 0.05) is 56.7 Å². The molecule has 5 heteroatoms. The van der Waals surface area contributed by atoms with Crippen LogP contribution in [0.5, 0.6) is 0 Å². The molecule has 1 fully saturated rings. The normalized spacial score (nSPS) is 14.7. The van der Waals surface area contributed by atoms with E-state index in [0.717, 1.165) is 56.7 Å². The zero-order valence-electron chi connectivity index (χ0n) is 16.8. The van der Waals surface area contributed by atoms with Gasteiger partial charge in [-0.15, -0.1) is 0 Å². The van der Waals surface area contributed by atoms with Crippen molar-refractivity contribution in [1.82, 2.24) is 9.97 Å². The first-order valence-electron chi connectivity index (χ1n) is 9.70. The van der Waals surface area contributed by atoms with Crippen LogP contribution in [0, 0.1) is 20.8 Å². The molecule has 0 atom stereocenters. The molecular formula is C21H31N5. The lowest BCUT2D eigenvalue weighted by Gasteiger charge is -2.38. The van der Waals surface area contributed by atoms with E-state index in [1.807, 2.05) is 0 Å². The first-order chi connectivity index (χ1) is 12.5. The molecule has 26 heavy (non-hydrogen) atoms. The Bertz CT molecular complexity index is 746. The van der Waals surface area contributed by atoms with E-state index in [0.29, 0.717) is 0 Å². The van der Waals surface area contributed by atoms with Gasteiger partial charge in [-0.05, 0) is 51.8 Å². The first kappa shape index (κ1) is 18.5. The molecular weight excluding hydrogens is 322 g/mol. The lowest BCUT2D eigenvalue weighted by atomic mass is 10.1. The minimum Gasteiger partial charge on any atom is -0.368 e. The smallest absolute Gasteiger partial charge is 0.227 e. The fraction of sp³-hybridized carbons (Fsp3) is 0.524. The highest BCUT2D eigenvalue weighted by atomic mass is 15.3. The molecule has 0 radical (unpaired) electrons. The molecule has 3 rings (SSSR count). The molecule has 1 aromatic heterocycles. The van der Waals surface area contributed by atoms with E-state index in [4.69, 9.17) is 4.98 Å². The van der Waals surface area contributed by atoms with Gasteiger partial charge in [-0.3, -0.25) is 0 Å². The van der Waals surface area contributed by atoms with Gasteiger partial charge in [0.15, 0.2) is 0 Å². The maximum Gasteiger partial charge on any atom is 0.227 e. The summed E-state index contributed by atoms with van der Waals surface area (Å²) in [5.74, 6) is 1.90. The van der Waals surface area contributed by atoms with Crippen molar-refractivity contribution in [2.24, 2.45) is 0 Å². The van der Waals surface area contributed by atoms with Crippen molar-refractivity contribution in [2.75, 3.05) is 54.0 Å². The monoisotopic (exact) mass is 353 g/mol. The lowest BCUT2D eigenvalue weighted by molar-refractivity contribution is 0.644. The number of anilines is 3. The van der Waals surface area contributed by atoms with Crippen LogP contribution < -0.4 is 14.7 Å². The third-order valence-corrected chi connectivity index (χ3v) is 5.40. The molecule has 2 heterocycles. The summed E-state index contributed by atoms with van der Waals surface area (Å²) in [5, 5.41) is 0. The zero-order chi connectivity index (χ0) is 18.7. The molecule has 0 saturated carbocycles. The van der Waals surface area contributed by atoms with Gasteiger partial charge >= 0.3 is 0 Å². The summed E-state index contributed by atoms with van der Waals surface area (Å²) >= 11 is 0. The number of hydrogen-bond donors (Lipinski definition) is 0. The van der Waals surface area contributed by atoms with Crippen LogP contribution in [0.4, 0.5) is 17.5 Å². The Morgan fingerprint density at radius 2 is 1.58 bits per heavy atom. The van der Waals surface area contributed by atoms with Crippen molar-refractivity contribution in [3.8, 4) is 0 Å². The van der Waals surface area contributed by atoms with Crippen molar-refractivity contribution in [3.05, 3.63) is 41.1 Å². The molecule has 1 saturated heterocycles. The SMILES string of the molecule is CCN(CC)c1nc(C)cc(N2CCN(c3cccc(C)c3C)CC2)n1. The van der Waals surface area contributed by atoms with Crippen LogP contribution in [0.2, 0.25) is 0 Å². The van der Waals surface area contributed by atoms with E-state index in [9.17, 15) is 0 Å². The second-order valence-corrected chi connectivity index (χ2v) is 7.03. The minimum atomic E-state index is 0.849. The number of aromatic nitrogens is 2. The molecule has 1 aliphatic heterocycles. The molecule has 0 bridgehead atoms. The van der Waals surface area contributed by atoms with E-state index in [1.54, 1.807) is 0 Å². The highest BCUT2D eigenvalue weighted by Gasteiger charge is 2.21. The molecule has 0 amide bonds. The van der Waals surface area contributed by atoms with Gasteiger partial charge in [0.1, 0.15) is 5.82 Å². The van der Waals surface area contributed by atoms with E-state index < -0.39 is 0 Å². The van der Waals surface area contributed by atoms with Crippen molar-refractivity contribution < 1.29 is 0 Å². The average Bonchev–Trinajstić information content (AvgIpc) is 2.65. The zero-order valence-corrected chi connectivity index (χ0v) is 16.8. The number of aryl methyl sites for hydroxylation is 2. The quantitative estimate of drug-likeness (QED) is 0.821. The van der Waals surface area contributed by atoms with Gasteiger partial charge in [0.2, 0.25) is 5.95 Å². The van der Waals surface area contributed by atoms with Crippen LogP contribution in [-0.4, -0.2) is 49.2 Å². The van der Waals surface area contributed by atoms with Crippen molar-refractivity contribution in [1.29, 1.82) is 0 Å². The molecule has 1 aliphatic rings. The van der Waals surface area contributed by atoms with Crippen LogP contribution in [0.1, 0.15) is 30.7 Å². The van der Waals surface area contributed by atoms with Crippen LogP contribution in [0.3, 0.4) is 0 Å². The molecule has 0 spiro atoms. The van der Waals surface area contributed by atoms with Gasteiger partial charge in [-0.1, -0.05) is 12.1 Å². The van der Waals surface area contributed by atoms with Crippen LogP contribution in [0.25, 0.3) is 0 Å². The Balaban J connectivity index is 1.75. The Labute approximate surface area is 157 Å². The number of piperazine rings is 1. The summed E-state index contributed by atoms with van der Waals surface area (Å²) in [4.78, 5) is 16.6. The summed E-state index contributed by atoms with van der Waals surface area (Å²) in [6.45, 7) is 16.7. The van der Waals surface area contributed by atoms with E-state index in [-0.39, 0.29) is 0 Å². The average molecular weight is 354 g/mol. The Morgan fingerprint density at radius 3 is 2.23 bits per heavy atom. The van der Waals surface area contributed by atoms with Gasteiger partial charge in [-0.2, -0.15) is 4.98 Å². The van der Waals surface area contributed by atoms with Crippen LogP contribution in [-0.2, 0) is 0 Å². The van der Waals surface area contributed by atoms with Crippen molar-refractivity contribution in [3.63, 3.8) is 0 Å². The largest absolute Gasteiger partial charge is 0.368 e. The molecule has 140 valence electrons. The van der Waals surface area contributed by atoms with E-state index in [2.05, 4.69) is 78.6 Å². The summed E-state index contributed by atoms with van der Waals surface area (Å²) in [6, 6.07) is 8.70. The molecule has 1 aromatic carbocycles. The molecule has 0 unspecified atom stereocenters. The Hall–Kier alpha value is -2.30. The second kappa shape index (κ2) is 7.94. The van der Waals surface area contributed by atoms with Gasteiger partial charge in [-0.25, -0.2) is 4.98 Å². The third-order valence-electron chi connectivity index (χ3n) is 5.40. The Kier molecular flexibility index (Phi) is 5.64. The lowest BCUT2D eigenvalue weighted by Crippen LogP contribution is -2.47. The summed E-state index contributed by atoms with van der Waals surface area (Å²) in [5.41, 5.74) is 5.16. The molecule has 0 aliphatic carbocycles. The van der Waals surface area contributed by atoms with Crippen LogP contribution >= 0.6 is 0 Å². The number of benzene rings is 1. The number of hydrogen-bond acceptors (Lipinski definition) is 5. The van der Waals surface area contributed by atoms with Gasteiger partial charge in [0.25, 0.3) is 0 Å². The predicted octanol–water partition coefficient (Wildman–Crippen LogP) is 3.57. The Morgan fingerprint density at radius 1 is 0.923 bits per heavy atom. The fourth-order valence-corrected chi connectivity index (χ4v) is 3.60. The highest BCUT2D eigenvalue weighted by Crippen LogP contribution is 2.25. The second-order valence-electron chi connectivity index (χ2n) is 7.03. The maximum absolute atomic E-state index is 4.85. The predicted molar refractivity (Wildman–Crippen MR) is 111 cm³/mol. The summed E-state index contributed by atoms with van der Waals surface area (Å²) in [7, 11) is 0. The topological polar surface area (TPSA) is 35.5 Å². The van der Waals surface area contributed by atoms with Crippen molar-refractivity contribution >= 4 is 17.5 Å². The standard InChI is InChI=1S/C21H31N5/c1-6-24(7-2)21-22-17(4)15-20(23-21)26-13-11-25(12-14-26)19-10-8-9-16(3)18(19)5/h8-10,15H,6-7,11-14H2,1-5H3. The fourth-order valence-electron chi connectivity index (χ4n) is 3.60. The van der Waals surface area contributed by atoms with Gasteiger partial charge in [0.05, 0.1) is 0 Å². The van der Waals surface area contributed by atoms with Crippen LogP contribution in [0.15, 0.2) is 24.3 Å². The first-order valence-corrected chi connectivity index (χ1v) is 9.70. The molecule has 0 N–H and O–H groups in total. The van der Waals surface area contributed by atoms with E-state index in [1.165, 1.54) is 16.8 Å². The molecule has 5 nitrogen and oxygen atoms in total. The minimum absolute atomic E-state index is 0.849. The highest BCUT2D eigenvalue weighted by molar-refractivity contribution is 5.57. The maximum atomic E-state index is 4.85. The molecule has 2 aromatic rings. The van der Waals surface area contributed by atoms with Crippen molar-refractivity contribution in [2.45, 2.75) is 34.6 Å².